The van der Waals surface area contributed by atoms with Gasteiger partial charge in [0.15, 0.2) is 0 Å². The van der Waals surface area contributed by atoms with Crippen LogP contribution in [0.2, 0.25) is 0 Å². The molecule has 0 aromatic heterocycles. The van der Waals surface area contributed by atoms with Gasteiger partial charge >= 0.3 is 0 Å². The molecule has 0 aliphatic carbocycles. The summed E-state index contributed by atoms with van der Waals surface area (Å²) in [6.45, 7) is 4.94. The minimum absolute atomic E-state index is 0.359. The van der Waals surface area contributed by atoms with Gasteiger partial charge in [0.2, 0.25) is 0 Å². The van der Waals surface area contributed by atoms with Gasteiger partial charge in [-0.25, -0.2) is 0 Å². The van der Waals surface area contributed by atoms with Gasteiger partial charge in [0.25, 0.3) is 0 Å². The molecule has 0 aliphatic heterocycles. The lowest BCUT2D eigenvalue weighted by Crippen LogP contribution is -2.16. The Kier molecular flexibility index (Phi) is 5.38. The summed E-state index contributed by atoms with van der Waals surface area (Å²) in [5.74, 6) is 1.24. The molecule has 21 heavy (non-hydrogen) atoms. The monoisotopic (exact) mass is 282 g/mol. The zero-order valence-electron chi connectivity index (χ0n) is 12.8. The molecule has 2 aromatic rings. The lowest BCUT2D eigenvalue weighted by atomic mass is 10.0. The minimum atomic E-state index is 0.359. The van der Waals surface area contributed by atoms with E-state index >= 15 is 0 Å². The Morgan fingerprint density at radius 3 is 2.38 bits per heavy atom. The Labute approximate surface area is 126 Å². The zero-order chi connectivity index (χ0) is 15.1. The summed E-state index contributed by atoms with van der Waals surface area (Å²) in [6.07, 6.45) is 0. The van der Waals surface area contributed by atoms with Gasteiger partial charge < -0.3 is 10.2 Å². The third kappa shape index (κ3) is 4.09. The molecule has 0 unspecified atom stereocenters. The van der Waals surface area contributed by atoms with Crippen molar-refractivity contribution < 1.29 is 4.74 Å². The van der Waals surface area contributed by atoms with Crippen molar-refractivity contribution in [2.75, 3.05) is 7.11 Å². The van der Waals surface area contributed by atoms with Crippen LogP contribution in [0.25, 0.3) is 0 Å². The first-order valence-electron chi connectivity index (χ1n) is 7.20. The van der Waals surface area contributed by atoms with Crippen LogP contribution in [0.15, 0.2) is 59.7 Å². The van der Waals surface area contributed by atoms with Crippen LogP contribution in [0.4, 0.5) is 0 Å². The van der Waals surface area contributed by atoms with E-state index in [4.69, 9.17) is 4.74 Å². The Bertz CT molecular complexity index is 591. The van der Waals surface area contributed by atoms with Crippen molar-refractivity contribution in [3.63, 3.8) is 0 Å². The van der Waals surface area contributed by atoms with Crippen LogP contribution >= 0.6 is 0 Å². The standard InChI is InChI=1S/C18H22N2O/c1-14(2)18(15-9-5-4-6-10-15)20-19-13-16-11-7-8-12-17(16)21-3/h4-12,14,19H,13H2,1-3H3/b20-18-. The number of para-hydroxylation sites is 1. The topological polar surface area (TPSA) is 33.6 Å². The number of ether oxygens (including phenoxy) is 1. The van der Waals surface area contributed by atoms with E-state index in [1.54, 1.807) is 7.11 Å². The van der Waals surface area contributed by atoms with Crippen LogP contribution in [0.5, 0.6) is 5.75 Å². The van der Waals surface area contributed by atoms with Gasteiger partial charge in [-0.1, -0.05) is 62.4 Å². The van der Waals surface area contributed by atoms with Crippen LogP contribution in [0.3, 0.4) is 0 Å². The number of rotatable bonds is 6. The second kappa shape index (κ2) is 7.48. The Morgan fingerprint density at radius 1 is 1.05 bits per heavy atom. The van der Waals surface area contributed by atoms with E-state index in [2.05, 4.69) is 36.5 Å². The van der Waals surface area contributed by atoms with Crippen molar-refractivity contribution in [3.8, 4) is 5.75 Å². The average Bonchev–Trinajstić information content (AvgIpc) is 2.52. The molecular weight excluding hydrogens is 260 g/mol. The van der Waals surface area contributed by atoms with Crippen LogP contribution in [-0.2, 0) is 6.54 Å². The number of hydrazone groups is 1. The first-order valence-corrected chi connectivity index (χ1v) is 7.20. The molecule has 1 N–H and O–H groups in total. The van der Waals surface area contributed by atoms with Crippen molar-refractivity contribution in [3.05, 3.63) is 65.7 Å². The fourth-order valence-electron chi connectivity index (χ4n) is 2.19. The molecule has 110 valence electrons. The van der Waals surface area contributed by atoms with E-state index < -0.39 is 0 Å². The second-order valence-electron chi connectivity index (χ2n) is 5.16. The molecule has 0 aliphatic rings. The minimum Gasteiger partial charge on any atom is -0.496 e. The molecule has 0 atom stereocenters. The maximum Gasteiger partial charge on any atom is 0.123 e. The third-order valence-electron chi connectivity index (χ3n) is 3.28. The normalized spacial score (nSPS) is 11.5. The van der Waals surface area contributed by atoms with Crippen LogP contribution in [-0.4, -0.2) is 12.8 Å². The molecule has 2 aromatic carbocycles. The SMILES string of the molecule is COc1ccccc1CN/N=C(\c1ccccc1)C(C)C. The highest BCUT2D eigenvalue weighted by atomic mass is 16.5. The summed E-state index contributed by atoms with van der Waals surface area (Å²) in [7, 11) is 1.69. The number of benzene rings is 2. The summed E-state index contributed by atoms with van der Waals surface area (Å²) >= 11 is 0. The lowest BCUT2D eigenvalue weighted by molar-refractivity contribution is 0.408. The number of hydrogen-bond donors (Lipinski definition) is 1. The molecule has 0 radical (unpaired) electrons. The molecule has 0 fully saturated rings. The van der Waals surface area contributed by atoms with Crippen molar-refractivity contribution in [2.45, 2.75) is 20.4 Å². The van der Waals surface area contributed by atoms with Crippen LogP contribution < -0.4 is 10.2 Å². The third-order valence-corrected chi connectivity index (χ3v) is 3.28. The summed E-state index contributed by atoms with van der Waals surface area (Å²) in [4.78, 5) is 0. The van der Waals surface area contributed by atoms with Crippen LogP contribution in [0.1, 0.15) is 25.0 Å². The molecule has 0 bridgehead atoms. The highest BCUT2D eigenvalue weighted by molar-refractivity contribution is 6.01. The lowest BCUT2D eigenvalue weighted by Gasteiger charge is -2.12. The predicted molar refractivity (Wildman–Crippen MR) is 87.7 cm³/mol. The fourth-order valence-corrected chi connectivity index (χ4v) is 2.19. The van der Waals surface area contributed by atoms with E-state index in [-0.39, 0.29) is 0 Å². The van der Waals surface area contributed by atoms with Gasteiger partial charge in [-0.05, 0) is 17.5 Å². The van der Waals surface area contributed by atoms with Crippen molar-refractivity contribution >= 4 is 5.71 Å². The maximum atomic E-state index is 5.35. The molecule has 0 heterocycles. The Hall–Kier alpha value is -2.29. The molecule has 0 spiro atoms. The van der Waals surface area contributed by atoms with Crippen molar-refractivity contribution in [2.24, 2.45) is 11.0 Å². The highest BCUT2D eigenvalue weighted by Gasteiger charge is 2.08. The molecular formula is C18H22N2O. The maximum absolute atomic E-state index is 5.35. The van der Waals surface area contributed by atoms with E-state index in [1.165, 1.54) is 0 Å². The number of hydrogen-bond acceptors (Lipinski definition) is 3. The van der Waals surface area contributed by atoms with Gasteiger partial charge in [0.1, 0.15) is 5.75 Å². The number of nitrogens with zero attached hydrogens (tertiary/aromatic N) is 1. The summed E-state index contributed by atoms with van der Waals surface area (Å²) in [5, 5.41) is 4.58. The molecule has 3 heteroatoms. The smallest absolute Gasteiger partial charge is 0.123 e. The van der Waals surface area contributed by atoms with Crippen molar-refractivity contribution in [1.82, 2.24) is 5.43 Å². The van der Waals surface area contributed by atoms with Crippen molar-refractivity contribution in [1.29, 1.82) is 0 Å². The predicted octanol–water partition coefficient (Wildman–Crippen LogP) is 3.85. The van der Waals surface area contributed by atoms with Gasteiger partial charge in [0, 0.05) is 5.56 Å². The largest absolute Gasteiger partial charge is 0.496 e. The number of methoxy groups -OCH3 is 1. The summed E-state index contributed by atoms with van der Waals surface area (Å²) in [5.41, 5.74) is 6.47. The highest BCUT2D eigenvalue weighted by Crippen LogP contribution is 2.17. The van der Waals surface area contributed by atoms with E-state index in [9.17, 15) is 0 Å². The van der Waals surface area contributed by atoms with Gasteiger partial charge in [0.05, 0.1) is 19.4 Å². The summed E-state index contributed by atoms with van der Waals surface area (Å²) in [6, 6.07) is 18.2. The van der Waals surface area contributed by atoms with Gasteiger partial charge in [-0.15, -0.1) is 0 Å². The molecule has 0 saturated heterocycles. The average molecular weight is 282 g/mol. The molecule has 3 nitrogen and oxygen atoms in total. The first-order chi connectivity index (χ1) is 10.2. The Morgan fingerprint density at radius 2 is 1.71 bits per heavy atom. The molecule has 0 amide bonds. The summed E-state index contributed by atoms with van der Waals surface area (Å²) < 4.78 is 5.35. The number of nitrogens with one attached hydrogen (secondary N) is 1. The molecule has 0 saturated carbocycles. The van der Waals surface area contributed by atoms with E-state index in [0.29, 0.717) is 12.5 Å². The second-order valence-corrected chi connectivity index (χ2v) is 5.16. The Balaban J connectivity index is 2.11. The van der Waals surface area contributed by atoms with Gasteiger partial charge in [-0.2, -0.15) is 5.10 Å². The first kappa shape index (κ1) is 15.1. The van der Waals surface area contributed by atoms with E-state index in [1.807, 2.05) is 42.5 Å². The van der Waals surface area contributed by atoms with Crippen LogP contribution in [0, 0.1) is 5.92 Å². The van der Waals surface area contributed by atoms with E-state index in [0.717, 1.165) is 22.6 Å². The zero-order valence-corrected chi connectivity index (χ0v) is 12.8. The fraction of sp³-hybridized carbons (Fsp3) is 0.278. The van der Waals surface area contributed by atoms with Gasteiger partial charge in [-0.3, -0.25) is 0 Å². The molecule has 2 rings (SSSR count). The quantitative estimate of drug-likeness (QED) is 0.645.